The molecular weight excluding hydrogens is 394 g/mol. The lowest BCUT2D eigenvalue weighted by molar-refractivity contribution is -0.127. The first-order valence-corrected chi connectivity index (χ1v) is 11.5. The number of amides is 1. The lowest BCUT2D eigenvalue weighted by atomic mass is 10.1. The molecule has 2 heterocycles. The van der Waals surface area contributed by atoms with E-state index in [2.05, 4.69) is 55.8 Å². The van der Waals surface area contributed by atoms with Crippen LogP contribution in [0.3, 0.4) is 0 Å². The third-order valence-corrected chi connectivity index (χ3v) is 6.18. The van der Waals surface area contributed by atoms with E-state index in [4.69, 9.17) is 0 Å². The van der Waals surface area contributed by atoms with Crippen LogP contribution >= 0.6 is 11.3 Å². The van der Waals surface area contributed by atoms with Gasteiger partial charge in [0.15, 0.2) is 5.96 Å². The second kappa shape index (κ2) is 11.0. The van der Waals surface area contributed by atoms with E-state index < -0.39 is 0 Å². The number of carbonyl (C=O) groups excluding carboxylic acids is 1. The normalized spacial score (nSPS) is 14.5. The second-order valence-electron chi connectivity index (χ2n) is 7.93. The Morgan fingerprint density at radius 1 is 1.10 bits per heavy atom. The Morgan fingerprint density at radius 3 is 2.47 bits per heavy atom. The molecule has 1 N–H and O–H groups in total. The SMILES string of the molecule is CN(C)C(=O)CN=C(NCc1cccs1)N(C)Cc1ccc(N2CCCCC2)cc1. The molecule has 0 atom stereocenters. The highest BCUT2D eigenvalue weighted by atomic mass is 32.1. The summed E-state index contributed by atoms with van der Waals surface area (Å²) < 4.78 is 0. The molecular formula is C23H33N5OS. The molecule has 1 aromatic carbocycles. The van der Waals surface area contributed by atoms with E-state index in [1.54, 1.807) is 30.3 Å². The minimum Gasteiger partial charge on any atom is -0.372 e. The summed E-state index contributed by atoms with van der Waals surface area (Å²) in [5.41, 5.74) is 2.53. The fourth-order valence-electron chi connectivity index (χ4n) is 3.49. The number of nitrogens with zero attached hydrogens (tertiary/aromatic N) is 4. The van der Waals surface area contributed by atoms with Crippen LogP contribution in [0.25, 0.3) is 0 Å². The molecule has 1 fully saturated rings. The molecule has 162 valence electrons. The van der Waals surface area contributed by atoms with E-state index in [1.807, 2.05) is 13.1 Å². The zero-order valence-corrected chi connectivity index (χ0v) is 19.1. The molecule has 3 rings (SSSR count). The topological polar surface area (TPSA) is 51.2 Å². The fourth-order valence-corrected chi connectivity index (χ4v) is 4.13. The Kier molecular flexibility index (Phi) is 8.13. The van der Waals surface area contributed by atoms with Gasteiger partial charge >= 0.3 is 0 Å². The lowest BCUT2D eigenvalue weighted by Gasteiger charge is -2.29. The summed E-state index contributed by atoms with van der Waals surface area (Å²) in [4.78, 5) is 23.9. The molecule has 0 bridgehead atoms. The van der Waals surface area contributed by atoms with E-state index in [-0.39, 0.29) is 12.5 Å². The summed E-state index contributed by atoms with van der Waals surface area (Å²) >= 11 is 1.71. The predicted molar refractivity (Wildman–Crippen MR) is 126 cm³/mol. The molecule has 1 aliphatic heterocycles. The van der Waals surface area contributed by atoms with E-state index in [0.29, 0.717) is 6.54 Å². The largest absolute Gasteiger partial charge is 0.372 e. The molecule has 0 aliphatic carbocycles. The van der Waals surface area contributed by atoms with Crippen molar-refractivity contribution in [2.75, 3.05) is 45.7 Å². The average Bonchev–Trinajstić information content (AvgIpc) is 3.28. The fraction of sp³-hybridized carbons (Fsp3) is 0.478. The number of rotatable bonds is 7. The van der Waals surface area contributed by atoms with E-state index in [9.17, 15) is 4.79 Å². The molecule has 0 radical (unpaired) electrons. The van der Waals surface area contributed by atoms with Gasteiger partial charge in [0.25, 0.3) is 0 Å². The van der Waals surface area contributed by atoms with Crippen molar-refractivity contribution in [3.63, 3.8) is 0 Å². The number of likely N-dealkylation sites (N-methyl/N-ethyl adjacent to an activating group) is 1. The molecule has 1 aromatic heterocycles. The van der Waals surface area contributed by atoms with Crippen molar-refractivity contribution in [3.8, 4) is 0 Å². The van der Waals surface area contributed by atoms with E-state index >= 15 is 0 Å². The Hall–Kier alpha value is -2.54. The standard InChI is InChI=1S/C23H33N5OS/c1-26(2)22(29)17-25-23(24-16-21-8-7-15-30-21)27(3)18-19-9-11-20(12-10-19)28-13-5-4-6-14-28/h7-12,15H,4-6,13-14,16-18H2,1-3H3,(H,24,25). The number of nitrogens with one attached hydrogen (secondary N) is 1. The van der Waals surface area contributed by atoms with E-state index in [0.717, 1.165) is 25.6 Å². The van der Waals surface area contributed by atoms with Crippen molar-refractivity contribution >= 4 is 28.9 Å². The highest BCUT2D eigenvalue weighted by Crippen LogP contribution is 2.20. The maximum absolute atomic E-state index is 12.0. The average molecular weight is 428 g/mol. The summed E-state index contributed by atoms with van der Waals surface area (Å²) in [7, 11) is 5.52. The quantitative estimate of drug-likeness (QED) is 0.544. The van der Waals surface area contributed by atoms with Gasteiger partial charge in [-0.1, -0.05) is 18.2 Å². The Balaban J connectivity index is 1.64. The molecule has 0 spiro atoms. The number of piperidine rings is 1. The Morgan fingerprint density at radius 2 is 1.83 bits per heavy atom. The zero-order chi connectivity index (χ0) is 21.3. The van der Waals surface area contributed by atoms with Gasteiger partial charge in [0.05, 0.1) is 6.54 Å². The third-order valence-electron chi connectivity index (χ3n) is 5.30. The van der Waals surface area contributed by atoms with Gasteiger partial charge in [-0.15, -0.1) is 11.3 Å². The van der Waals surface area contributed by atoms with Gasteiger partial charge < -0.3 is 20.0 Å². The highest BCUT2D eigenvalue weighted by molar-refractivity contribution is 7.09. The molecule has 30 heavy (non-hydrogen) atoms. The van der Waals surface area contributed by atoms with Crippen molar-refractivity contribution in [2.24, 2.45) is 4.99 Å². The van der Waals surface area contributed by atoms with Crippen LogP contribution < -0.4 is 10.2 Å². The van der Waals surface area contributed by atoms with Crippen LogP contribution in [0.4, 0.5) is 5.69 Å². The van der Waals surface area contributed by atoms with Crippen LogP contribution in [0.15, 0.2) is 46.8 Å². The monoisotopic (exact) mass is 427 g/mol. The maximum atomic E-state index is 12.0. The van der Waals surface area contributed by atoms with Crippen molar-refractivity contribution in [1.29, 1.82) is 0 Å². The minimum atomic E-state index is -0.00953. The predicted octanol–water partition coefficient (Wildman–Crippen LogP) is 3.40. The maximum Gasteiger partial charge on any atom is 0.243 e. The van der Waals surface area contributed by atoms with Crippen LogP contribution in [-0.4, -0.2) is 62.4 Å². The minimum absolute atomic E-state index is 0.00953. The molecule has 1 saturated heterocycles. The Labute approximate surface area is 184 Å². The van der Waals surface area contributed by atoms with E-state index in [1.165, 1.54) is 35.4 Å². The number of hydrogen-bond acceptors (Lipinski definition) is 4. The Bertz CT molecular complexity index is 811. The first-order chi connectivity index (χ1) is 14.5. The molecule has 7 heteroatoms. The van der Waals surface area contributed by atoms with Gasteiger partial charge in [0.2, 0.25) is 5.91 Å². The van der Waals surface area contributed by atoms with Crippen molar-refractivity contribution in [1.82, 2.24) is 15.1 Å². The van der Waals surface area contributed by atoms with Gasteiger partial charge in [0, 0.05) is 51.3 Å². The number of hydrogen-bond donors (Lipinski definition) is 1. The van der Waals surface area contributed by atoms with Gasteiger partial charge in [-0.25, -0.2) is 4.99 Å². The summed E-state index contributed by atoms with van der Waals surface area (Å²) in [5, 5.41) is 5.47. The van der Waals surface area contributed by atoms with Gasteiger partial charge in [-0.2, -0.15) is 0 Å². The van der Waals surface area contributed by atoms with Gasteiger partial charge in [-0.3, -0.25) is 4.79 Å². The molecule has 0 unspecified atom stereocenters. The van der Waals surface area contributed by atoms with Crippen LogP contribution in [0.2, 0.25) is 0 Å². The summed E-state index contributed by atoms with van der Waals surface area (Å²) in [6, 6.07) is 13.0. The third kappa shape index (κ3) is 6.49. The smallest absolute Gasteiger partial charge is 0.243 e. The molecule has 0 saturated carbocycles. The van der Waals surface area contributed by atoms with Gasteiger partial charge in [0.1, 0.15) is 6.54 Å². The summed E-state index contributed by atoms with van der Waals surface area (Å²) in [6.45, 7) is 3.88. The van der Waals surface area contributed by atoms with Crippen LogP contribution in [0.5, 0.6) is 0 Å². The second-order valence-corrected chi connectivity index (χ2v) is 8.96. The number of benzene rings is 1. The van der Waals surface area contributed by atoms with Crippen molar-refractivity contribution in [3.05, 3.63) is 52.2 Å². The van der Waals surface area contributed by atoms with Crippen LogP contribution in [-0.2, 0) is 17.9 Å². The number of aliphatic imine (C=N–C) groups is 1. The molecule has 2 aromatic rings. The number of carbonyl (C=O) groups is 1. The lowest BCUT2D eigenvalue weighted by Crippen LogP contribution is -2.39. The molecule has 1 aliphatic rings. The van der Waals surface area contributed by atoms with Gasteiger partial charge in [-0.05, 0) is 48.4 Å². The van der Waals surface area contributed by atoms with Crippen LogP contribution in [0.1, 0.15) is 29.7 Å². The number of anilines is 1. The summed E-state index contributed by atoms with van der Waals surface area (Å²) in [6.07, 6.45) is 3.91. The first kappa shape index (κ1) is 22.2. The van der Waals surface area contributed by atoms with Crippen molar-refractivity contribution in [2.45, 2.75) is 32.4 Å². The highest BCUT2D eigenvalue weighted by Gasteiger charge is 2.13. The molecule has 6 nitrogen and oxygen atoms in total. The first-order valence-electron chi connectivity index (χ1n) is 10.6. The van der Waals surface area contributed by atoms with Crippen LogP contribution in [0, 0.1) is 0 Å². The summed E-state index contributed by atoms with van der Waals surface area (Å²) in [5.74, 6) is 0.725. The number of thiophene rings is 1. The zero-order valence-electron chi connectivity index (χ0n) is 18.3. The molecule has 1 amide bonds. The number of guanidine groups is 1. The van der Waals surface area contributed by atoms with Crippen molar-refractivity contribution < 1.29 is 4.79 Å².